The van der Waals surface area contributed by atoms with E-state index in [0.717, 1.165) is 24.0 Å². The van der Waals surface area contributed by atoms with E-state index >= 15 is 0 Å². The molecule has 1 aliphatic rings. The summed E-state index contributed by atoms with van der Waals surface area (Å²) >= 11 is 0. The third kappa shape index (κ3) is 4.81. The van der Waals surface area contributed by atoms with Gasteiger partial charge in [-0.1, -0.05) is 43.5 Å². The molecule has 1 aromatic carbocycles. The highest BCUT2D eigenvalue weighted by Gasteiger charge is 2.15. The summed E-state index contributed by atoms with van der Waals surface area (Å²) < 4.78 is 1.78. The van der Waals surface area contributed by atoms with Crippen molar-refractivity contribution < 1.29 is 4.79 Å². The molecule has 2 amide bonds. The first-order valence-electron chi connectivity index (χ1n) is 8.24. The molecule has 2 aromatic rings. The molecule has 3 rings (SSSR count). The average molecular weight is 313 g/mol. The maximum atomic E-state index is 11.9. The molecular formula is C17H23N5O. The van der Waals surface area contributed by atoms with E-state index in [4.69, 9.17) is 0 Å². The number of rotatable bonds is 5. The lowest BCUT2D eigenvalue weighted by Crippen LogP contribution is -2.42. The molecule has 2 N–H and O–H groups in total. The maximum absolute atomic E-state index is 11.9. The van der Waals surface area contributed by atoms with Crippen molar-refractivity contribution in [2.45, 2.75) is 51.2 Å². The Hall–Kier alpha value is -2.37. The zero-order valence-corrected chi connectivity index (χ0v) is 13.2. The third-order valence-electron chi connectivity index (χ3n) is 4.23. The van der Waals surface area contributed by atoms with Gasteiger partial charge in [0.05, 0.1) is 6.54 Å². The molecular weight excluding hydrogens is 290 g/mol. The number of benzene rings is 1. The van der Waals surface area contributed by atoms with Gasteiger partial charge in [-0.2, -0.15) is 5.10 Å². The monoisotopic (exact) mass is 313 g/mol. The van der Waals surface area contributed by atoms with Gasteiger partial charge in [0, 0.05) is 12.6 Å². The topological polar surface area (TPSA) is 71.8 Å². The van der Waals surface area contributed by atoms with E-state index in [-0.39, 0.29) is 6.03 Å². The number of hydrogen-bond donors (Lipinski definition) is 2. The van der Waals surface area contributed by atoms with Gasteiger partial charge >= 0.3 is 6.03 Å². The summed E-state index contributed by atoms with van der Waals surface area (Å²) in [4.78, 5) is 15.9. The van der Waals surface area contributed by atoms with Crippen LogP contribution in [0.5, 0.6) is 0 Å². The lowest BCUT2D eigenvalue weighted by Gasteiger charge is -2.22. The van der Waals surface area contributed by atoms with Crippen molar-refractivity contribution in [1.82, 2.24) is 25.4 Å². The van der Waals surface area contributed by atoms with E-state index in [0.29, 0.717) is 19.1 Å². The molecule has 0 radical (unpaired) electrons. The minimum Gasteiger partial charge on any atom is -0.335 e. The number of hydrogen-bond acceptors (Lipinski definition) is 3. The molecule has 6 nitrogen and oxygen atoms in total. The van der Waals surface area contributed by atoms with Gasteiger partial charge in [-0.15, -0.1) is 0 Å². The van der Waals surface area contributed by atoms with Gasteiger partial charge in [-0.3, -0.25) is 0 Å². The van der Waals surface area contributed by atoms with E-state index in [9.17, 15) is 4.79 Å². The van der Waals surface area contributed by atoms with Gasteiger partial charge in [0.25, 0.3) is 0 Å². The maximum Gasteiger partial charge on any atom is 0.315 e. The molecule has 0 atom stereocenters. The quantitative estimate of drug-likeness (QED) is 0.890. The molecule has 1 aromatic heterocycles. The van der Waals surface area contributed by atoms with Crippen LogP contribution < -0.4 is 10.6 Å². The van der Waals surface area contributed by atoms with Crippen LogP contribution in [0.4, 0.5) is 4.79 Å². The second kappa shape index (κ2) is 7.76. The molecule has 1 saturated carbocycles. The number of carbonyl (C=O) groups is 1. The molecule has 0 unspecified atom stereocenters. The zero-order chi connectivity index (χ0) is 15.9. The zero-order valence-electron chi connectivity index (χ0n) is 13.2. The summed E-state index contributed by atoms with van der Waals surface area (Å²) in [5, 5.41) is 10.1. The number of nitrogens with one attached hydrogen (secondary N) is 2. The molecule has 23 heavy (non-hydrogen) atoms. The lowest BCUT2D eigenvalue weighted by atomic mass is 9.96. The Bertz CT molecular complexity index is 602. The molecule has 6 heteroatoms. The van der Waals surface area contributed by atoms with Crippen molar-refractivity contribution in [1.29, 1.82) is 0 Å². The van der Waals surface area contributed by atoms with Gasteiger partial charge in [0.1, 0.15) is 12.7 Å². The highest BCUT2D eigenvalue weighted by molar-refractivity contribution is 5.74. The predicted molar refractivity (Wildman–Crippen MR) is 87.8 cm³/mol. The normalized spacial score (nSPS) is 15.3. The van der Waals surface area contributed by atoms with Crippen LogP contribution in [0.3, 0.4) is 0 Å². The third-order valence-corrected chi connectivity index (χ3v) is 4.23. The molecule has 1 aliphatic carbocycles. The minimum absolute atomic E-state index is 0.0661. The van der Waals surface area contributed by atoms with E-state index < -0.39 is 0 Å². The van der Waals surface area contributed by atoms with E-state index in [1.807, 2.05) is 12.1 Å². The Morgan fingerprint density at radius 3 is 2.57 bits per heavy atom. The highest BCUT2D eigenvalue weighted by Crippen LogP contribution is 2.17. The van der Waals surface area contributed by atoms with E-state index in [2.05, 4.69) is 32.8 Å². The SMILES string of the molecule is O=C(NCc1ccc(Cn2cncn2)cc1)NC1CCCCC1. The Balaban J connectivity index is 1.43. The van der Waals surface area contributed by atoms with E-state index in [1.165, 1.54) is 25.6 Å². The van der Waals surface area contributed by atoms with Gasteiger partial charge < -0.3 is 10.6 Å². The van der Waals surface area contributed by atoms with Crippen LogP contribution in [-0.2, 0) is 13.1 Å². The summed E-state index contributed by atoms with van der Waals surface area (Å²) in [6.45, 7) is 1.25. The fraction of sp³-hybridized carbons (Fsp3) is 0.471. The lowest BCUT2D eigenvalue weighted by molar-refractivity contribution is 0.232. The van der Waals surface area contributed by atoms with Crippen LogP contribution in [-0.4, -0.2) is 26.8 Å². The van der Waals surface area contributed by atoms with Crippen LogP contribution in [0, 0.1) is 0 Å². The summed E-state index contributed by atoms with van der Waals surface area (Å²) in [7, 11) is 0. The van der Waals surface area contributed by atoms with Crippen LogP contribution in [0.15, 0.2) is 36.9 Å². The Morgan fingerprint density at radius 1 is 1.13 bits per heavy atom. The summed E-state index contributed by atoms with van der Waals surface area (Å²) in [6, 6.07) is 8.45. The van der Waals surface area contributed by atoms with Crippen molar-refractivity contribution in [2.75, 3.05) is 0 Å². The molecule has 1 heterocycles. The fourth-order valence-corrected chi connectivity index (χ4v) is 2.93. The molecule has 0 aliphatic heterocycles. The van der Waals surface area contributed by atoms with Crippen LogP contribution >= 0.6 is 0 Å². The molecule has 0 saturated heterocycles. The van der Waals surface area contributed by atoms with E-state index in [1.54, 1.807) is 11.0 Å². The standard InChI is InChI=1S/C17H23N5O/c23-17(21-16-4-2-1-3-5-16)19-10-14-6-8-15(9-7-14)11-22-13-18-12-20-22/h6-9,12-13,16H,1-5,10-11H2,(H2,19,21,23). The van der Waals surface area contributed by atoms with Gasteiger partial charge in [-0.25, -0.2) is 14.5 Å². The van der Waals surface area contributed by atoms with Crippen molar-refractivity contribution in [2.24, 2.45) is 0 Å². The predicted octanol–water partition coefficient (Wildman–Crippen LogP) is 2.46. The van der Waals surface area contributed by atoms with Crippen LogP contribution in [0.1, 0.15) is 43.2 Å². The highest BCUT2D eigenvalue weighted by atomic mass is 16.2. The first-order valence-corrected chi connectivity index (χ1v) is 8.24. The van der Waals surface area contributed by atoms with Gasteiger partial charge in [0.15, 0.2) is 0 Å². The second-order valence-electron chi connectivity index (χ2n) is 6.07. The first kappa shape index (κ1) is 15.5. The molecule has 0 spiro atoms. The summed E-state index contributed by atoms with van der Waals surface area (Å²) in [5.74, 6) is 0. The molecule has 1 fully saturated rings. The van der Waals surface area contributed by atoms with Crippen molar-refractivity contribution in [3.8, 4) is 0 Å². The Kier molecular flexibility index (Phi) is 5.24. The Morgan fingerprint density at radius 2 is 1.87 bits per heavy atom. The minimum atomic E-state index is -0.0661. The number of aromatic nitrogens is 3. The number of amides is 2. The van der Waals surface area contributed by atoms with Crippen LogP contribution in [0.25, 0.3) is 0 Å². The number of nitrogens with zero attached hydrogens (tertiary/aromatic N) is 3. The second-order valence-corrected chi connectivity index (χ2v) is 6.07. The smallest absolute Gasteiger partial charge is 0.315 e. The van der Waals surface area contributed by atoms with Crippen LogP contribution in [0.2, 0.25) is 0 Å². The summed E-state index contributed by atoms with van der Waals surface area (Å²) in [5.41, 5.74) is 2.25. The first-order chi connectivity index (χ1) is 11.3. The fourth-order valence-electron chi connectivity index (χ4n) is 2.93. The largest absolute Gasteiger partial charge is 0.335 e. The summed E-state index contributed by atoms with van der Waals surface area (Å²) in [6.07, 6.45) is 9.17. The van der Waals surface area contributed by atoms with Crippen molar-refractivity contribution >= 4 is 6.03 Å². The van der Waals surface area contributed by atoms with Crippen molar-refractivity contribution in [3.63, 3.8) is 0 Å². The van der Waals surface area contributed by atoms with Gasteiger partial charge in [-0.05, 0) is 24.0 Å². The average Bonchev–Trinajstić information content (AvgIpc) is 3.08. The number of urea groups is 1. The van der Waals surface area contributed by atoms with Gasteiger partial charge in [0.2, 0.25) is 0 Å². The van der Waals surface area contributed by atoms with Crippen molar-refractivity contribution in [3.05, 3.63) is 48.0 Å². The molecule has 0 bridgehead atoms. The Labute approximate surface area is 136 Å². The number of carbonyl (C=O) groups excluding carboxylic acids is 1. The molecule has 122 valence electrons.